The van der Waals surface area contributed by atoms with E-state index in [9.17, 15) is 9.36 Å². The fraction of sp³-hybridized carbons (Fsp3) is 0.222. The second-order valence-electron chi connectivity index (χ2n) is 2.69. The molecule has 0 aliphatic rings. The average Bonchev–Trinajstić information content (AvgIpc) is 2.28. The van der Waals surface area contributed by atoms with Crippen LogP contribution >= 0.6 is 19.2 Å². The second-order valence-corrected chi connectivity index (χ2v) is 5.27. The molecule has 0 saturated heterocycles. The third-order valence-electron chi connectivity index (χ3n) is 1.87. The van der Waals surface area contributed by atoms with Gasteiger partial charge in [0.25, 0.3) is 5.24 Å². The molecule has 82 valence electrons. The number of benzene rings is 1. The molecule has 0 bridgehead atoms. The number of halogens is 1. The lowest BCUT2D eigenvalue weighted by Crippen LogP contribution is -2.09. The predicted octanol–water partition coefficient (Wildman–Crippen LogP) is 2.18. The Balaban J connectivity index is 3.21. The number of carbonyl (C=O) groups is 1. The summed E-state index contributed by atoms with van der Waals surface area (Å²) in [4.78, 5) is 10.9. The van der Waals surface area contributed by atoms with E-state index in [-0.39, 0.29) is 5.56 Å². The van der Waals surface area contributed by atoms with E-state index in [4.69, 9.17) is 20.6 Å². The van der Waals surface area contributed by atoms with Crippen molar-refractivity contribution in [3.05, 3.63) is 29.8 Å². The van der Waals surface area contributed by atoms with Gasteiger partial charge < -0.3 is 9.05 Å². The summed E-state index contributed by atoms with van der Waals surface area (Å²) < 4.78 is 21.5. The average molecular weight is 249 g/mol. The molecule has 0 aliphatic heterocycles. The summed E-state index contributed by atoms with van der Waals surface area (Å²) in [6.45, 7) is 0. The van der Waals surface area contributed by atoms with Gasteiger partial charge in [0.2, 0.25) is 0 Å². The van der Waals surface area contributed by atoms with Crippen LogP contribution in [-0.4, -0.2) is 19.5 Å². The molecule has 1 aromatic carbocycles. The topological polar surface area (TPSA) is 52.6 Å². The van der Waals surface area contributed by atoms with E-state index in [0.29, 0.717) is 5.30 Å². The van der Waals surface area contributed by atoms with E-state index in [2.05, 4.69) is 0 Å². The van der Waals surface area contributed by atoms with E-state index >= 15 is 0 Å². The smallest absolute Gasteiger partial charge is 0.309 e. The summed E-state index contributed by atoms with van der Waals surface area (Å²) in [7, 11) is -0.757. The van der Waals surface area contributed by atoms with E-state index in [1.165, 1.54) is 26.4 Å². The second kappa shape index (κ2) is 4.90. The summed E-state index contributed by atoms with van der Waals surface area (Å²) in [5, 5.41) is -0.311. The van der Waals surface area contributed by atoms with Crippen molar-refractivity contribution >= 4 is 29.7 Å². The van der Waals surface area contributed by atoms with Crippen molar-refractivity contribution in [2.75, 3.05) is 14.2 Å². The zero-order valence-corrected chi connectivity index (χ0v) is 9.92. The molecule has 1 aromatic rings. The number of rotatable bonds is 4. The highest BCUT2D eigenvalue weighted by Gasteiger charge is 2.24. The molecule has 0 aromatic heterocycles. The maximum absolute atomic E-state index is 11.9. The number of carbonyl (C=O) groups excluding carboxylic acids is 1. The van der Waals surface area contributed by atoms with Crippen molar-refractivity contribution in [1.29, 1.82) is 0 Å². The van der Waals surface area contributed by atoms with Crippen molar-refractivity contribution in [3.8, 4) is 0 Å². The minimum Gasteiger partial charge on any atom is -0.309 e. The maximum Gasteiger partial charge on any atom is 0.360 e. The van der Waals surface area contributed by atoms with Crippen molar-refractivity contribution in [2.45, 2.75) is 0 Å². The highest BCUT2D eigenvalue weighted by atomic mass is 35.5. The molecule has 15 heavy (non-hydrogen) atoms. The maximum atomic E-state index is 11.9. The van der Waals surface area contributed by atoms with Gasteiger partial charge in [-0.15, -0.1) is 0 Å². The van der Waals surface area contributed by atoms with Gasteiger partial charge in [0.05, 0.1) is 5.30 Å². The minimum atomic E-state index is -3.31. The molecule has 0 atom stereocenters. The van der Waals surface area contributed by atoms with Crippen LogP contribution in [0.25, 0.3) is 0 Å². The van der Waals surface area contributed by atoms with Crippen molar-refractivity contribution in [3.63, 3.8) is 0 Å². The Morgan fingerprint density at radius 3 is 2.40 bits per heavy atom. The van der Waals surface area contributed by atoms with Crippen LogP contribution < -0.4 is 5.30 Å². The molecule has 0 heterocycles. The van der Waals surface area contributed by atoms with Gasteiger partial charge in [-0.3, -0.25) is 9.36 Å². The molecule has 0 saturated carbocycles. The monoisotopic (exact) mass is 248 g/mol. The lowest BCUT2D eigenvalue weighted by atomic mass is 10.2. The van der Waals surface area contributed by atoms with Crippen molar-refractivity contribution in [2.24, 2.45) is 0 Å². The van der Waals surface area contributed by atoms with Crippen molar-refractivity contribution < 1.29 is 18.4 Å². The van der Waals surface area contributed by atoms with Gasteiger partial charge in [0, 0.05) is 19.8 Å². The molecule has 4 nitrogen and oxygen atoms in total. The largest absolute Gasteiger partial charge is 0.360 e. The lowest BCUT2D eigenvalue weighted by Gasteiger charge is -2.13. The Bertz CT molecular complexity index is 410. The molecule has 0 aliphatic carbocycles. The summed E-state index contributed by atoms with van der Waals surface area (Å²) in [5.41, 5.74) is 0.253. The summed E-state index contributed by atoms with van der Waals surface area (Å²) in [6, 6.07) is 6.03. The molecular weight excluding hydrogens is 239 g/mol. The Morgan fingerprint density at radius 1 is 1.33 bits per heavy atom. The molecule has 6 heteroatoms. The van der Waals surface area contributed by atoms with E-state index in [1.807, 2.05) is 0 Å². The highest BCUT2D eigenvalue weighted by molar-refractivity contribution is 7.62. The Labute approximate surface area is 92.7 Å². The van der Waals surface area contributed by atoms with Crippen LogP contribution in [-0.2, 0) is 13.6 Å². The van der Waals surface area contributed by atoms with Crippen molar-refractivity contribution in [1.82, 2.24) is 0 Å². The van der Waals surface area contributed by atoms with E-state index < -0.39 is 12.8 Å². The number of hydrogen-bond donors (Lipinski definition) is 0. The van der Waals surface area contributed by atoms with Crippen LogP contribution in [0.3, 0.4) is 0 Å². The van der Waals surface area contributed by atoms with Crippen LogP contribution in [0.5, 0.6) is 0 Å². The molecule has 0 spiro atoms. The van der Waals surface area contributed by atoms with Crippen LogP contribution in [0.2, 0.25) is 0 Å². The molecule has 0 fully saturated rings. The standard InChI is InChI=1S/C9H10ClO4P/c1-13-15(12,14-2)8-5-3-4-7(6-8)9(10)11/h3-6H,1-2H3. The molecule has 0 N–H and O–H groups in total. The van der Waals surface area contributed by atoms with E-state index in [1.54, 1.807) is 12.1 Å². The molecular formula is C9H10ClO4P. The summed E-state index contributed by atoms with van der Waals surface area (Å²) in [6.07, 6.45) is 0. The van der Waals surface area contributed by atoms with Gasteiger partial charge in [-0.05, 0) is 23.7 Å². The number of hydrogen-bond acceptors (Lipinski definition) is 4. The molecule has 1 rings (SSSR count). The van der Waals surface area contributed by atoms with Gasteiger partial charge >= 0.3 is 7.60 Å². The first kappa shape index (κ1) is 12.4. The summed E-state index contributed by atoms with van der Waals surface area (Å²) >= 11 is 5.30. The zero-order valence-electron chi connectivity index (χ0n) is 8.27. The molecule has 0 amide bonds. The van der Waals surface area contributed by atoms with Gasteiger partial charge in [-0.2, -0.15) is 0 Å². The fourth-order valence-corrected chi connectivity index (χ4v) is 2.34. The normalized spacial score (nSPS) is 11.4. The fourth-order valence-electron chi connectivity index (χ4n) is 1.08. The van der Waals surface area contributed by atoms with Crippen LogP contribution in [0.1, 0.15) is 10.4 Å². The molecule has 0 radical (unpaired) electrons. The van der Waals surface area contributed by atoms with Gasteiger partial charge in [0.1, 0.15) is 0 Å². The predicted molar refractivity (Wildman–Crippen MR) is 57.9 cm³/mol. The van der Waals surface area contributed by atoms with Gasteiger partial charge in [-0.1, -0.05) is 12.1 Å². The quantitative estimate of drug-likeness (QED) is 0.605. The Morgan fingerprint density at radius 2 is 1.93 bits per heavy atom. The minimum absolute atomic E-state index is 0.253. The first-order valence-electron chi connectivity index (χ1n) is 4.05. The Kier molecular flexibility index (Phi) is 4.05. The van der Waals surface area contributed by atoms with Crippen LogP contribution in [0.4, 0.5) is 0 Å². The summed E-state index contributed by atoms with van der Waals surface area (Å²) in [5.74, 6) is 0. The van der Waals surface area contributed by atoms with Crippen LogP contribution in [0.15, 0.2) is 24.3 Å². The highest BCUT2D eigenvalue weighted by Crippen LogP contribution is 2.44. The van der Waals surface area contributed by atoms with Gasteiger partial charge in [-0.25, -0.2) is 0 Å². The van der Waals surface area contributed by atoms with Crippen LogP contribution in [0, 0.1) is 0 Å². The zero-order chi connectivity index (χ0) is 11.5. The third-order valence-corrected chi connectivity index (χ3v) is 3.96. The SMILES string of the molecule is COP(=O)(OC)c1cccc(C(=O)Cl)c1. The van der Waals surface area contributed by atoms with Gasteiger partial charge in [0.15, 0.2) is 0 Å². The third kappa shape index (κ3) is 2.67. The first-order valence-corrected chi connectivity index (χ1v) is 5.97. The van der Waals surface area contributed by atoms with E-state index in [0.717, 1.165) is 0 Å². The lowest BCUT2D eigenvalue weighted by molar-refractivity contribution is 0.108. The molecule has 0 unspecified atom stereocenters. The first-order chi connectivity index (χ1) is 7.03. The Hall–Kier alpha value is -0.670.